The van der Waals surface area contributed by atoms with E-state index in [1.54, 1.807) is 7.11 Å². The molecule has 17 heavy (non-hydrogen) atoms. The maximum atomic E-state index is 6.19. The number of hydrogen-bond donors (Lipinski definition) is 1. The van der Waals surface area contributed by atoms with Gasteiger partial charge in [-0.05, 0) is 52.1 Å². The van der Waals surface area contributed by atoms with Crippen molar-refractivity contribution in [2.45, 2.75) is 58.1 Å². The molecule has 3 nitrogen and oxygen atoms in total. The third-order valence-corrected chi connectivity index (χ3v) is 4.36. The van der Waals surface area contributed by atoms with E-state index in [2.05, 4.69) is 25.7 Å². The summed E-state index contributed by atoms with van der Waals surface area (Å²) in [7, 11) is 1.74. The molecule has 1 atom stereocenters. The van der Waals surface area contributed by atoms with Gasteiger partial charge < -0.3 is 15.4 Å². The van der Waals surface area contributed by atoms with Crippen LogP contribution in [-0.4, -0.2) is 43.3 Å². The minimum Gasteiger partial charge on any atom is -0.377 e. The Bertz CT molecular complexity index is 214. The Morgan fingerprint density at radius 3 is 2.47 bits per heavy atom. The highest BCUT2D eigenvalue weighted by Gasteiger charge is 2.26. The third-order valence-electron chi connectivity index (χ3n) is 4.36. The molecule has 1 unspecified atom stereocenters. The van der Waals surface area contributed by atoms with Gasteiger partial charge in [0.2, 0.25) is 0 Å². The fourth-order valence-electron chi connectivity index (χ4n) is 2.24. The van der Waals surface area contributed by atoms with Crippen LogP contribution in [0.15, 0.2) is 0 Å². The fraction of sp³-hybridized carbons (Fsp3) is 1.00. The average Bonchev–Trinajstić information content (AvgIpc) is 2.26. The molecule has 0 heterocycles. The SMILES string of the molecule is CCN(CCC(N)C(C)(C)OC)CC1CCC1. The molecule has 0 aromatic carbocycles. The highest BCUT2D eigenvalue weighted by Crippen LogP contribution is 2.27. The van der Waals surface area contributed by atoms with Crippen molar-refractivity contribution in [1.29, 1.82) is 0 Å². The summed E-state index contributed by atoms with van der Waals surface area (Å²) in [6.45, 7) is 9.87. The van der Waals surface area contributed by atoms with E-state index >= 15 is 0 Å². The molecule has 1 aliphatic rings. The molecule has 0 amide bonds. The molecule has 3 heteroatoms. The molecule has 0 aliphatic heterocycles. The van der Waals surface area contributed by atoms with E-state index in [0.717, 1.165) is 25.4 Å². The maximum Gasteiger partial charge on any atom is 0.0773 e. The summed E-state index contributed by atoms with van der Waals surface area (Å²) in [5.74, 6) is 0.946. The molecule has 1 fully saturated rings. The summed E-state index contributed by atoms with van der Waals surface area (Å²) in [6.07, 6.45) is 5.29. The molecular weight excluding hydrogens is 212 g/mol. The van der Waals surface area contributed by atoms with Crippen LogP contribution >= 0.6 is 0 Å². The molecule has 0 aromatic rings. The zero-order valence-corrected chi connectivity index (χ0v) is 12.0. The molecule has 2 N–H and O–H groups in total. The lowest BCUT2D eigenvalue weighted by molar-refractivity contribution is -0.00417. The predicted molar refractivity (Wildman–Crippen MR) is 73.1 cm³/mol. The standard InChI is InChI=1S/C14H30N2O/c1-5-16(11-12-7-6-8-12)10-9-13(15)14(2,3)17-4/h12-13H,5-11,15H2,1-4H3. The van der Waals surface area contributed by atoms with Gasteiger partial charge in [0.15, 0.2) is 0 Å². The van der Waals surface area contributed by atoms with E-state index in [0.29, 0.717) is 0 Å². The molecule has 0 radical (unpaired) electrons. The minimum atomic E-state index is -0.212. The largest absolute Gasteiger partial charge is 0.377 e. The molecule has 0 aromatic heterocycles. The number of rotatable bonds is 8. The zero-order valence-electron chi connectivity index (χ0n) is 12.0. The van der Waals surface area contributed by atoms with Gasteiger partial charge in [0, 0.05) is 19.7 Å². The monoisotopic (exact) mass is 242 g/mol. The number of ether oxygens (including phenoxy) is 1. The first-order valence-electron chi connectivity index (χ1n) is 7.02. The first-order chi connectivity index (χ1) is 7.99. The van der Waals surface area contributed by atoms with Gasteiger partial charge in [-0.2, -0.15) is 0 Å². The van der Waals surface area contributed by atoms with Crippen molar-refractivity contribution in [1.82, 2.24) is 4.90 Å². The van der Waals surface area contributed by atoms with Crippen molar-refractivity contribution < 1.29 is 4.74 Å². The van der Waals surface area contributed by atoms with Crippen LogP contribution in [0, 0.1) is 5.92 Å². The van der Waals surface area contributed by atoms with Crippen LogP contribution in [0.5, 0.6) is 0 Å². The van der Waals surface area contributed by atoms with E-state index in [1.165, 1.54) is 25.8 Å². The Morgan fingerprint density at radius 1 is 1.41 bits per heavy atom. The Labute approximate surface area is 107 Å². The number of methoxy groups -OCH3 is 1. The van der Waals surface area contributed by atoms with Crippen molar-refractivity contribution in [2.75, 3.05) is 26.7 Å². The average molecular weight is 242 g/mol. The van der Waals surface area contributed by atoms with Gasteiger partial charge in [0.1, 0.15) is 0 Å². The van der Waals surface area contributed by atoms with Gasteiger partial charge in [-0.15, -0.1) is 0 Å². The van der Waals surface area contributed by atoms with Crippen LogP contribution in [-0.2, 0) is 4.74 Å². The zero-order chi connectivity index (χ0) is 12.9. The van der Waals surface area contributed by atoms with Crippen molar-refractivity contribution in [3.05, 3.63) is 0 Å². The Balaban J connectivity index is 2.26. The van der Waals surface area contributed by atoms with Crippen LogP contribution in [0.3, 0.4) is 0 Å². The summed E-state index contributed by atoms with van der Waals surface area (Å²) in [5.41, 5.74) is 5.98. The summed E-state index contributed by atoms with van der Waals surface area (Å²) in [6, 6.07) is 0.114. The summed E-state index contributed by atoms with van der Waals surface area (Å²) < 4.78 is 5.44. The normalized spacial score (nSPS) is 19.4. The predicted octanol–water partition coefficient (Wildman–Crippen LogP) is 2.25. The molecule has 1 aliphatic carbocycles. The maximum absolute atomic E-state index is 6.19. The van der Waals surface area contributed by atoms with E-state index in [4.69, 9.17) is 10.5 Å². The molecule has 0 saturated heterocycles. The van der Waals surface area contributed by atoms with Gasteiger partial charge in [0.25, 0.3) is 0 Å². The Morgan fingerprint density at radius 2 is 2.06 bits per heavy atom. The topological polar surface area (TPSA) is 38.5 Å². The summed E-state index contributed by atoms with van der Waals surface area (Å²) in [5, 5.41) is 0. The quantitative estimate of drug-likeness (QED) is 0.709. The van der Waals surface area contributed by atoms with Crippen molar-refractivity contribution in [2.24, 2.45) is 11.7 Å². The highest BCUT2D eigenvalue weighted by molar-refractivity contribution is 4.83. The minimum absolute atomic E-state index is 0.114. The first kappa shape index (κ1) is 14.9. The fourth-order valence-corrected chi connectivity index (χ4v) is 2.24. The first-order valence-corrected chi connectivity index (χ1v) is 7.02. The summed E-state index contributed by atoms with van der Waals surface area (Å²) in [4.78, 5) is 2.54. The smallest absolute Gasteiger partial charge is 0.0773 e. The molecule has 102 valence electrons. The molecule has 0 bridgehead atoms. The molecule has 1 rings (SSSR count). The van der Waals surface area contributed by atoms with Crippen molar-refractivity contribution >= 4 is 0 Å². The Hall–Kier alpha value is -0.120. The van der Waals surface area contributed by atoms with Gasteiger partial charge in [-0.25, -0.2) is 0 Å². The van der Waals surface area contributed by atoms with Crippen molar-refractivity contribution in [3.8, 4) is 0 Å². The lowest BCUT2D eigenvalue weighted by atomic mass is 9.85. The molecule has 0 spiro atoms. The second-order valence-corrected chi connectivity index (χ2v) is 5.89. The molecular formula is C14H30N2O. The number of nitrogens with two attached hydrogens (primary N) is 1. The lowest BCUT2D eigenvalue weighted by Crippen LogP contribution is -2.47. The third kappa shape index (κ3) is 4.57. The van der Waals surface area contributed by atoms with Gasteiger partial charge in [-0.3, -0.25) is 0 Å². The second kappa shape index (κ2) is 6.72. The highest BCUT2D eigenvalue weighted by atomic mass is 16.5. The van der Waals surface area contributed by atoms with Crippen LogP contribution in [0.1, 0.15) is 46.5 Å². The second-order valence-electron chi connectivity index (χ2n) is 5.89. The van der Waals surface area contributed by atoms with Crippen LogP contribution in [0.25, 0.3) is 0 Å². The van der Waals surface area contributed by atoms with Gasteiger partial charge in [0.05, 0.1) is 5.60 Å². The van der Waals surface area contributed by atoms with Gasteiger partial charge >= 0.3 is 0 Å². The summed E-state index contributed by atoms with van der Waals surface area (Å²) >= 11 is 0. The van der Waals surface area contributed by atoms with E-state index in [-0.39, 0.29) is 11.6 Å². The van der Waals surface area contributed by atoms with Crippen LogP contribution in [0.4, 0.5) is 0 Å². The molecule has 1 saturated carbocycles. The van der Waals surface area contributed by atoms with E-state index in [9.17, 15) is 0 Å². The van der Waals surface area contributed by atoms with Crippen LogP contribution < -0.4 is 5.73 Å². The van der Waals surface area contributed by atoms with Crippen LogP contribution in [0.2, 0.25) is 0 Å². The number of nitrogens with zero attached hydrogens (tertiary/aromatic N) is 1. The van der Waals surface area contributed by atoms with Crippen molar-refractivity contribution in [3.63, 3.8) is 0 Å². The Kier molecular flexibility index (Phi) is 5.90. The lowest BCUT2D eigenvalue weighted by Gasteiger charge is -2.34. The van der Waals surface area contributed by atoms with E-state index < -0.39 is 0 Å². The van der Waals surface area contributed by atoms with E-state index in [1.807, 2.05) is 0 Å². The number of hydrogen-bond acceptors (Lipinski definition) is 3. The van der Waals surface area contributed by atoms with Gasteiger partial charge in [-0.1, -0.05) is 13.3 Å².